The van der Waals surface area contributed by atoms with Gasteiger partial charge in [-0.25, -0.2) is 4.79 Å². The van der Waals surface area contributed by atoms with Crippen LogP contribution in [0.15, 0.2) is 47.8 Å². The van der Waals surface area contributed by atoms with E-state index in [9.17, 15) is 9.59 Å². The van der Waals surface area contributed by atoms with Gasteiger partial charge in [-0.2, -0.15) is 0 Å². The van der Waals surface area contributed by atoms with Gasteiger partial charge in [0.05, 0.1) is 4.88 Å². The van der Waals surface area contributed by atoms with Gasteiger partial charge in [-0.05, 0) is 11.4 Å². The summed E-state index contributed by atoms with van der Waals surface area (Å²) in [5, 5.41) is 8.67. The molecule has 3 amide bonds. The minimum absolute atomic E-state index is 0.322. The molecule has 6 heteroatoms. The van der Waals surface area contributed by atoms with Gasteiger partial charge in [0.25, 0.3) is 5.91 Å². The van der Waals surface area contributed by atoms with Crippen LogP contribution in [-0.4, -0.2) is 19.0 Å². The largest absolute Gasteiger partial charge is 0.341 e. The van der Waals surface area contributed by atoms with Crippen LogP contribution < -0.4 is 16.0 Å². The Labute approximate surface area is 127 Å². The lowest BCUT2D eigenvalue weighted by molar-refractivity contribution is -0.697. The van der Waals surface area contributed by atoms with Crippen molar-refractivity contribution in [3.63, 3.8) is 0 Å². The quantitative estimate of drug-likeness (QED) is 0.771. The SMILES string of the molecule is CNC(=O)NC(=O)[C@H]([NH2+]Cc1cccs1)c1ccccc1. The number of urea groups is 1. The number of quaternary nitrogens is 1. The number of carbonyl (C=O) groups excluding carboxylic acids is 2. The van der Waals surface area contributed by atoms with Crippen molar-refractivity contribution in [2.24, 2.45) is 0 Å². The van der Waals surface area contributed by atoms with E-state index < -0.39 is 12.1 Å². The van der Waals surface area contributed by atoms with E-state index in [2.05, 4.69) is 10.6 Å². The standard InChI is InChI=1S/C15H17N3O2S/c1-16-15(20)18-14(19)13(11-6-3-2-4-7-11)17-10-12-8-5-9-21-12/h2-9,13,17H,10H2,1H3,(H2,16,18,19,20)/p+1/t13-/m1/s1. The Balaban J connectivity index is 2.10. The molecule has 5 nitrogen and oxygen atoms in total. The molecule has 1 atom stereocenters. The highest BCUT2D eigenvalue weighted by Crippen LogP contribution is 2.10. The number of thiophene rings is 1. The van der Waals surface area contributed by atoms with E-state index in [1.54, 1.807) is 11.3 Å². The van der Waals surface area contributed by atoms with Gasteiger partial charge in [0.1, 0.15) is 6.54 Å². The van der Waals surface area contributed by atoms with Crippen LogP contribution in [0.3, 0.4) is 0 Å². The van der Waals surface area contributed by atoms with Gasteiger partial charge in [-0.3, -0.25) is 10.1 Å². The maximum absolute atomic E-state index is 12.3. The van der Waals surface area contributed by atoms with Crippen LogP contribution in [0.1, 0.15) is 16.5 Å². The van der Waals surface area contributed by atoms with Crippen LogP contribution in [0.5, 0.6) is 0 Å². The zero-order chi connectivity index (χ0) is 15.1. The van der Waals surface area contributed by atoms with E-state index in [0.29, 0.717) is 6.54 Å². The van der Waals surface area contributed by atoms with E-state index in [-0.39, 0.29) is 5.91 Å². The van der Waals surface area contributed by atoms with Gasteiger partial charge >= 0.3 is 6.03 Å². The number of rotatable bonds is 5. The summed E-state index contributed by atoms with van der Waals surface area (Å²) in [6, 6.07) is 12.5. The third-order valence-corrected chi connectivity index (χ3v) is 3.94. The van der Waals surface area contributed by atoms with Crippen LogP contribution in [-0.2, 0) is 11.3 Å². The van der Waals surface area contributed by atoms with Crippen molar-refractivity contribution in [1.29, 1.82) is 0 Å². The summed E-state index contributed by atoms with van der Waals surface area (Å²) < 4.78 is 0. The molecule has 21 heavy (non-hydrogen) atoms. The van der Waals surface area contributed by atoms with Crippen molar-refractivity contribution in [3.8, 4) is 0 Å². The second-order valence-electron chi connectivity index (χ2n) is 4.48. The lowest BCUT2D eigenvalue weighted by Crippen LogP contribution is -2.86. The molecule has 0 aliphatic rings. The van der Waals surface area contributed by atoms with Crippen LogP contribution in [0.25, 0.3) is 0 Å². The van der Waals surface area contributed by atoms with Crippen molar-refractivity contribution < 1.29 is 14.9 Å². The molecular weight excluding hydrogens is 286 g/mol. The fourth-order valence-corrected chi connectivity index (χ4v) is 2.65. The molecule has 0 bridgehead atoms. The molecule has 2 rings (SSSR count). The van der Waals surface area contributed by atoms with E-state index in [4.69, 9.17) is 0 Å². The molecule has 0 unspecified atom stereocenters. The third-order valence-electron chi connectivity index (χ3n) is 3.04. The number of hydrogen-bond acceptors (Lipinski definition) is 3. The van der Waals surface area contributed by atoms with Crippen molar-refractivity contribution >= 4 is 23.3 Å². The summed E-state index contributed by atoms with van der Waals surface area (Å²) in [6.07, 6.45) is 0. The highest BCUT2D eigenvalue weighted by Gasteiger charge is 2.25. The predicted molar refractivity (Wildman–Crippen MR) is 81.7 cm³/mol. The van der Waals surface area contributed by atoms with Gasteiger partial charge in [0.15, 0.2) is 6.04 Å². The Hall–Kier alpha value is -2.18. The number of imide groups is 1. The maximum Gasteiger partial charge on any atom is 0.321 e. The summed E-state index contributed by atoms with van der Waals surface area (Å²) >= 11 is 1.65. The molecule has 0 radical (unpaired) electrons. The molecule has 0 aliphatic carbocycles. The number of benzene rings is 1. The molecule has 1 aromatic carbocycles. The number of carbonyl (C=O) groups is 2. The van der Waals surface area contributed by atoms with E-state index in [1.165, 1.54) is 11.9 Å². The molecule has 0 saturated carbocycles. The molecule has 2 aromatic rings. The fourth-order valence-electron chi connectivity index (χ4n) is 1.97. The lowest BCUT2D eigenvalue weighted by atomic mass is 10.1. The Kier molecular flexibility index (Phi) is 5.48. The molecule has 4 N–H and O–H groups in total. The van der Waals surface area contributed by atoms with Crippen molar-refractivity contribution in [1.82, 2.24) is 10.6 Å². The minimum atomic E-state index is -0.495. The number of amides is 3. The maximum atomic E-state index is 12.3. The van der Waals surface area contributed by atoms with Gasteiger partial charge in [-0.1, -0.05) is 36.4 Å². The first-order valence-electron chi connectivity index (χ1n) is 6.64. The average Bonchev–Trinajstić information content (AvgIpc) is 3.01. The predicted octanol–water partition coefficient (Wildman–Crippen LogP) is 1.01. The molecule has 110 valence electrons. The van der Waals surface area contributed by atoms with Crippen LogP contribution in [0, 0.1) is 0 Å². The van der Waals surface area contributed by atoms with Crippen molar-refractivity contribution in [2.75, 3.05) is 7.05 Å². The smallest absolute Gasteiger partial charge is 0.321 e. The highest BCUT2D eigenvalue weighted by atomic mass is 32.1. The number of hydrogen-bond donors (Lipinski definition) is 3. The normalized spacial score (nSPS) is 11.7. The topological polar surface area (TPSA) is 74.8 Å². The van der Waals surface area contributed by atoms with Gasteiger partial charge in [-0.15, -0.1) is 11.3 Å². The summed E-state index contributed by atoms with van der Waals surface area (Å²) in [5.74, 6) is -0.322. The average molecular weight is 304 g/mol. The molecule has 0 spiro atoms. The van der Waals surface area contributed by atoms with Crippen LogP contribution in [0.4, 0.5) is 4.79 Å². The van der Waals surface area contributed by atoms with Gasteiger partial charge in [0.2, 0.25) is 0 Å². The fraction of sp³-hybridized carbons (Fsp3) is 0.200. The summed E-state index contributed by atoms with van der Waals surface area (Å²) in [5.41, 5.74) is 0.871. The van der Waals surface area contributed by atoms with Crippen molar-refractivity contribution in [2.45, 2.75) is 12.6 Å². The van der Waals surface area contributed by atoms with E-state index in [0.717, 1.165) is 5.56 Å². The minimum Gasteiger partial charge on any atom is -0.341 e. The first kappa shape index (κ1) is 15.2. The monoisotopic (exact) mass is 304 g/mol. The highest BCUT2D eigenvalue weighted by molar-refractivity contribution is 7.09. The van der Waals surface area contributed by atoms with Crippen LogP contribution in [0.2, 0.25) is 0 Å². The lowest BCUT2D eigenvalue weighted by Gasteiger charge is -2.14. The van der Waals surface area contributed by atoms with E-state index in [1.807, 2.05) is 53.2 Å². The summed E-state index contributed by atoms with van der Waals surface area (Å²) in [7, 11) is 1.48. The van der Waals surface area contributed by atoms with Gasteiger partial charge < -0.3 is 10.6 Å². The molecule has 1 aromatic heterocycles. The summed E-state index contributed by atoms with van der Waals surface area (Å²) in [4.78, 5) is 24.8. The first-order chi connectivity index (χ1) is 10.2. The number of nitrogens with one attached hydrogen (secondary N) is 2. The Morgan fingerprint density at radius 3 is 2.57 bits per heavy atom. The molecule has 0 saturated heterocycles. The second-order valence-corrected chi connectivity index (χ2v) is 5.51. The first-order valence-corrected chi connectivity index (χ1v) is 7.52. The third kappa shape index (κ3) is 4.40. The Bertz CT molecular complexity index is 584. The second kappa shape index (κ2) is 7.56. The van der Waals surface area contributed by atoms with Crippen LogP contribution >= 0.6 is 11.3 Å². The zero-order valence-corrected chi connectivity index (χ0v) is 12.5. The summed E-state index contributed by atoms with van der Waals surface area (Å²) in [6.45, 7) is 0.693. The molecule has 0 aliphatic heterocycles. The number of nitrogens with two attached hydrogens (primary N) is 1. The molecule has 1 heterocycles. The molecule has 0 fully saturated rings. The van der Waals surface area contributed by atoms with Crippen molar-refractivity contribution in [3.05, 3.63) is 58.3 Å². The van der Waals surface area contributed by atoms with E-state index >= 15 is 0 Å². The molecular formula is C15H18N3O2S+. The zero-order valence-electron chi connectivity index (χ0n) is 11.7. The Morgan fingerprint density at radius 1 is 1.19 bits per heavy atom. The van der Waals surface area contributed by atoms with Gasteiger partial charge in [0, 0.05) is 12.6 Å². The Morgan fingerprint density at radius 2 is 1.95 bits per heavy atom.